The van der Waals surface area contributed by atoms with Crippen molar-refractivity contribution in [2.75, 3.05) is 0 Å². The molecule has 216 valence electrons. The quantitative estimate of drug-likeness (QED) is 0.158. The van der Waals surface area contributed by atoms with E-state index >= 15 is 0 Å². The Bertz CT molecular complexity index is 1190. The van der Waals surface area contributed by atoms with Crippen molar-refractivity contribution >= 4 is 11.8 Å². The Morgan fingerprint density at radius 1 is 0.333 bits per heavy atom. The fourth-order valence-corrected chi connectivity index (χ4v) is 6.47. The molecular formula is C36H50Fe2S. The van der Waals surface area contributed by atoms with Crippen LogP contribution in [0.4, 0.5) is 0 Å². The third kappa shape index (κ3) is 7.96. The molecule has 39 heavy (non-hydrogen) atoms. The van der Waals surface area contributed by atoms with E-state index < -0.39 is 0 Å². The van der Waals surface area contributed by atoms with Crippen LogP contribution < -0.4 is 0 Å². The van der Waals surface area contributed by atoms with Gasteiger partial charge in [0.25, 0.3) is 0 Å². The second-order valence-corrected chi connectivity index (χ2v) is 12.3. The monoisotopic (exact) mass is 626 g/mol. The summed E-state index contributed by atoms with van der Waals surface area (Å²) in [5.74, 6) is 0. The Morgan fingerprint density at radius 3 is 0.641 bits per heavy atom. The SMILES string of the molecule is Cc1[cH-]c(C)c(C)c1C.Cc1[cH-]c(C)c(C)c1C.Cc1c(C)c(C)[c-](S[c-]2c(C)c(C)c(C)c2C)c1C.[Fe+2].[Fe+2]. The summed E-state index contributed by atoms with van der Waals surface area (Å²) in [6, 6.07) is 4.48. The van der Waals surface area contributed by atoms with E-state index in [1.54, 1.807) is 0 Å². The minimum Gasteiger partial charge on any atom is -0.228 e. The van der Waals surface area contributed by atoms with Crippen molar-refractivity contribution in [3.05, 3.63) is 101 Å². The van der Waals surface area contributed by atoms with E-state index in [4.69, 9.17) is 0 Å². The van der Waals surface area contributed by atoms with Crippen molar-refractivity contribution < 1.29 is 34.1 Å². The van der Waals surface area contributed by atoms with E-state index in [1.807, 2.05) is 11.8 Å². The van der Waals surface area contributed by atoms with Crippen LogP contribution in [-0.2, 0) is 34.1 Å². The van der Waals surface area contributed by atoms with Gasteiger partial charge in [-0.25, -0.2) is 11.8 Å². The van der Waals surface area contributed by atoms with Gasteiger partial charge >= 0.3 is 34.1 Å². The zero-order chi connectivity index (χ0) is 28.5. The molecule has 0 N–H and O–H groups in total. The Balaban J connectivity index is 0.000000608. The van der Waals surface area contributed by atoms with Crippen molar-refractivity contribution in [1.82, 2.24) is 0 Å². The maximum atomic E-state index is 2.25. The largest absolute Gasteiger partial charge is 2.00 e. The number of rotatable bonds is 2. The topological polar surface area (TPSA) is 0 Å². The van der Waals surface area contributed by atoms with Crippen LogP contribution in [0.1, 0.15) is 89.0 Å². The predicted octanol–water partition coefficient (Wildman–Crippen LogP) is 11.0. The first-order chi connectivity index (χ1) is 17.0. The molecule has 0 saturated heterocycles. The molecule has 0 unspecified atom stereocenters. The number of hydrogen-bond donors (Lipinski definition) is 0. The van der Waals surface area contributed by atoms with Crippen molar-refractivity contribution in [2.24, 2.45) is 0 Å². The second kappa shape index (κ2) is 15.1. The summed E-state index contributed by atoms with van der Waals surface area (Å²) in [5, 5.41) is 0. The number of aryl methyl sites for hydroxylation is 4. The molecule has 0 saturated carbocycles. The Hall–Kier alpha value is -1.21. The van der Waals surface area contributed by atoms with Crippen molar-refractivity contribution in [2.45, 2.75) is 121 Å². The first-order valence-corrected chi connectivity index (χ1v) is 14.4. The van der Waals surface area contributed by atoms with E-state index in [9.17, 15) is 0 Å². The molecule has 4 rings (SSSR count). The van der Waals surface area contributed by atoms with E-state index in [1.165, 1.54) is 98.8 Å². The molecule has 0 aromatic heterocycles. The Kier molecular flexibility index (Phi) is 14.7. The maximum Gasteiger partial charge on any atom is 2.00 e. The van der Waals surface area contributed by atoms with Crippen LogP contribution in [0.25, 0.3) is 0 Å². The van der Waals surface area contributed by atoms with Gasteiger partial charge in [-0.1, -0.05) is 111 Å². The summed E-state index contributed by atoms with van der Waals surface area (Å²) in [7, 11) is 0. The average Bonchev–Trinajstić information content (AvgIpc) is 3.37. The standard InChI is InChI=1S/C18H24S.2C9H13.2Fe/c1-9-10(2)14(6)17(13(9)5)19-18-15(7)11(3)12(4)16(18)8;2*1-6-5-7(2)9(4)8(6)3;;/h1-8H3;2*5H,1-4H3;;/q-2;2*-1;2*+2. The molecule has 0 fully saturated rings. The van der Waals surface area contributed by atoms with Crippen LogP contribution in [0.2, 0.25) is 0 Å². The van der Waals surface area contributed by atoms with Gasteiger partial charge in [0.05, 0.1) is 0 Å². The van der Waals surface area contributed by atoms with Crippen LogP contribution in [0, 0.1) is 111 Å². The van der Waals surface area contributed by atoms with Gasteiger partial charge in [0.1, 0.15) is 0 Å². The molecule has 0 nitrogen and oxygen atoms in total. The summed E-state index contributed by atoms with van der Waals surface area (Å²) >= 11 is 1.96. The molecule has 0 atom stereocenters. The number of hydrogen-bond acceptors (Lipinski definition) is 1. The van der Waals surface area contributed by atoms with Gasteiger partial charge in [0, 0.05) is 0 Å². The summed E-state index contributed by atoms with van der Waals surface area (Å²) < 4.78 is 0. The molecule has 0 aliphatic rings. The second-order valence-electron chi connectivity index (χ2n) is 11.3. The third-order valence-corrected chi connectivity index (χ3v) is 10.9. The molecule has 0 radical (unpaired) electrons. The Labute approximate surface area is 266 Å². The van der Waals surface area contributed by atoms with Crippen LogP contribution in [0.5, 0.6) is 0 Å². The van der Waals surface area contributed by atoms with Gasteiger partial charge in [0.2, 0.25) is 0 Å². The molecule has 4 aromatic carbocycles. The summed E-state index contributed by atoms with van der Waals surface area (Å²) in [5.41, 5.74) is 23.1. The van der Waals surface area contributed by atoms with Crippen molar-refractivity contribution in [3.63, 3.8) is 0 Å². The predicted molar refractivity (Wildman–Crippen MR) is 168 cm³/mol. The molecule has 0 aliphatic heterocycles. The molecule has 0 spiro atoms. The zero-order valence-electron chi connectivity index (χ0n) is 27.3. The third-order valence-electron chi connectivity index (χ3n) is 9.30. The molecule has 0 aliphatic carbocycles. The molecular weight excluding hydrogens is 576 g/mol. The first kappa shape index (κ1) is 37.8. The Morgan fingerprint density at radius 2 is 0.513 bits per heavy atom. The smallest absolute Gasteiger partial charge is 0.228 e. The molecule has 0 amide bonds. The summed E-state index contributed by atoms with van der Waals surface area (Å²) in [6.45, 7) is 35.3. The van der Waals surface area contributed by atoms with Gasteiger partial charge in [-0.05, 0) is 0 Å². The van der Waals surface area contributed by atoms with Crippen LogP contribution in [-0.4, -0.2) is 0 Å². The molecule has 4 aromatic rings. The summed E-state index contributed by atoms with van der Waals surface area (Å²) in [6.07, 6.45) is 0. The van der Waals surface area contributed by atoms with E-state index in [2.05, 4.69) is 123 Å². The maximum absolute atomic E-state index is 2.25. The van der Waals surface area contributed by atoms with Gasteiger partial charge in [-0.3, -0.25) is 0 Å². The molecule has 0 bridgehead atoms. The van der Waals surface area contributed by atoms with E-state index in [0.29, 0.717) is 0 Å². The van der Waals surface area contributed by atoms with Gasteiger partial charge in [0.15, 0.2) is 0 Å². The minimum absolute atomic E-state index is 0. The van der Waals surface area contributed by atoms with Crippen LogP contribution in [0.3, 0.4) is 0 Å². The fraction of sp³-hybridized carbons (Fsp3) is 0.444. The van der Waals surface area contributed by atoms with E-state index in [0.717, 1.165) is 0 Å². The minimum atomic E-state index is 0. The molecule has 3 heteroatoms. The first-order valence-electron chi connectivity index (χ1n) is 13.6. The summed E-state index contributed by atoms with van der Waals surface area (Å²) in [4.78, 5) is 2.93. The van der Waals surface area contributed by atoms with Crippen LogP contribution in [0.15, 0.2) is 21.9 Å². The van der Waals surface area contributed by atoms with E-state index in [-0.39, 0.29) is 34.1 Å². The fourth-order valence-electron chi connectivity index (χ4n) is 5.04. The normalized spacial score (nSPS) is 10.3. The van der Waals surface area contributed by atoms with Gasteiger partial charge in [-0.15, -0.1) is 9.79 Å². The van der Waals surface area contributed by atoms with Crippen molar-refractivity contribution in [3.8, 4) is 0 Å². The van der Waals surface area contributed by atoms with Crippen molar-refractivity contribution in [1.29, 1.82) is 0 Å². The molecule has 0 heterocycles. The van der Waals surface area contributed by atoms with Gasteiger partial charge in [-0.2, -0.15) is 101 Å². The zero-order valence-corrected chi connectivity index (χ0v) is 30.3. The average molecular weight is 627 g/mol. The van der Waals surface area contributed by atoms with Gasteiger partial charge < -0.3 is 0 Å². The van der Waals surface area contributed by atoms with Crippen LogP contribution >= 0.6 is 11.8 Å².